The second-order valence-corrected chi connectivity index (χ2v) is 5.49. The lowest BCUT2D eigenvalue weighted by atomic mass is 10.1. The highest BCUT2D eigenvalue weighted by atomic mass is 35.5. The minimum atomic E-state index is 0.204. The number of anilines is 1. The molecule has 6 nitrogen and oxygen atoms in total. The Hall–Kier alpha value is -2.78. The van der Waals surface area contributed by atoms with E-state index in [-0.39, 0.29) is 16.5 Å². The summed E-state index contributed by atoms with van der Waals surface area (Å²) in [5.74, 6) is 1.01. The van der Waals surface area contributed by atoms with Crippen molar-refractivity contribution in [3.8, 4) is 17.5 Å². The molecular formula is C16H14ClN5O. The molecule has 0 atom stereocenters. The first kappa shape index (κ1) is 15.1. The minimum Gasteiger partial charge on any atom is -0.496 e. The summed E-state index contributed by atoms with van der Waals surface area (Å²) in [5.41, 5.74) is 9.70. The highest BCUT2D eigenvalue weighted by Crippen LogP contribution is 2.37. The molecule has 0 amide bonds. The number of halogens is 1. The molecule has 3 aromatic rings. The van der Waals surface area contributed by atoms with Crippen LogP contribution in [0.15, 0.2) is 18.5 Å². The number of aromatic nitrogens is 3. The van der Waals surface area contributed by atoms with Gasteiger partial charge in [0.15, 0.2) is 5.65 Å². The number of aryl methyl sites for hydroxylation is 1. The monoisotopic (exact) mass is 327 g/mol. The van der Waals surface area contributed by atoms with Crippen LogP contribution in [0.25, 0.3) is 16.7 Å². The number of ether oxygens (including phenoxy) is 1. The minimum absolute atomic E-state index is 0.204. The lowest BCUT2D eigenvalue weighted by molar-refractivity contribution is 0.411. The first-order valence-electron chi connectivity index (χ1n) is 6.86. The van der Waals surface area contributed by atoms with Crippen molar-refractivity contribution in [2.75, 3.05) is 12.8 Å². The maximum atomic E-state index is 9.46. The van der Waals surface area contributed by atoms with Crippen molar-refractivity contribution in [1.29, 1.82) is 5.26 Å². The zero-order chi connectivity index (χ0) is 16.7. The van der Waals surface area contributed by atoms with E-state index in [2.05, 4.69) is 16.0 Å². The summed E-state index contributed by atoms with van der Waals surface area (Å²) < 4.78 is 7.12. The van der Waals surface area contributed by atoms with Gasteiger partial charge in [-0.25, -0.2) is 9.97 Å². The summed E-state index contributed by atoms with van der Waals surface area (Å²) in [7, 11) is 1.61. The Balaban J connectivity index is 2.51. The molecule has 0 bridgehead atoms. The predicted molar refractivity (Wildman–Crippen MR) is 89.0 cm³/mol. The maximum absolute atomic E-state index is 9.46. The lowest BCUT2D eigenvalue weighted by Crippen LogP contribution is -2.06. The van der Waals surface area contributed by atoms with Crippen LogP contribution < -0.4 is 10.5 Å². The van der Waals surface area contributed by atoms with E-state index in [1.54, 1.807) is 11.7 Å². The molecule has 0 aliphatic rings. The van der Waals surface area contributed by atoms with Crippen LogP contribution in [0.4, 0.5) is 5.82 Å². The number of nitrogen functional groups attached to an aromatic ring is 1. The molecule has 0 aliphatic carbocycles. The van der Waals surface area contributed by atoms with Crippen LogP contribution in [0.3, 0.4) is 0 Å². The Bertz CT molecular complexity index is 971. The predicted octanol–water partition coefficient (Wildman–Crippen LogP) is 3.15. The third-order valence-electron chi connectivity index (χ3n) is 3.88. The average Bonchev–Trinajstić information content (AvgIpc) is 2.81. The van der Waals surface area contributed by atoms with E-state index in [0.29, 0.717) is 11.0 Å². The van der Waals surface area contributed by atoms with Crippen molar-refractivity contribution in [3.63, 3.8) is 0 Å². The second-order valence-electron chi connectivity index (χ2n) is 5.13. The normalized spacial score (nSPS) is 10.7. The van der Waals surface area contributed by atoms with Crippen LogP contribution in [-0.2, 0) is 0 Å². The van der Waals surface area contributed by atoms with Gasteiger partial charge in [-0.2, -0.15) is 5.26 Å². The molecular weight excluding hydrogens is 314 g/mol. The number of nitriles is 1. The molecule has 2 heterocycles. The summed E-state index contributed by atoms with van der Waals surface area (Å²) in [6.07, 6.45) is 1.35. The van der Waals surface area contributed by atoms with Crippen LogP contribution in [-0.4, -0.2) is 21.6 Å². The highest BCUT2D eigenvalue weighted by Gasteiger charge is 2.23. The number of nitrogens with zero attached hydrogens (tertiary/aromatic N) is 4. The number of rotatable bonds is 2. The van der Waals surface area contributed by atoms with Gasteiger partial charge in [0, 0.05) is 5.56 Å². The van der Waals surface area contributed by atoms with Crippen LogP contribution in [0, 0.1) is 25.2 Å². The Labute approximate surface area is 138 Å². The summed E-state index contributed by atoms with van der Waals surface area (Å²) >= 11 is 6.16. The summed E-state index contributed by atoms with van der Waals surface area (Å²) in [6.45, 7) is 3.89. The number of hydrogen-bond acceptors (Lipinski definition) is 5. The van der Waals surface area contributed by atoms with E-state index in [4.69, 9.17) is 22.1 Å². The van der Waals surface area contributed by atoms with Gasteiger partial charge in [0.05, 0.1) is 18.2 Å². The molecule has 23 heavy (non-hydrogen) atoms. The molecule has 116 valence electrons. The van der Waals surface area contributed by atoms with Crippen LogP contribution in [0.1, 0.15) is 16.7 Å². The quantitative estimate of drug-likeness (QED) is 0.730. The molecule has 1 aromatic carbocycles. The summed E-state index contributed by atoms with van der Waals surface area (Å²) in [5, 5.41) is 10.1. The van der Waals surface area contributed by atoms with Crippen molar-refractivity contribution < 1.29 is 4.74 Å². The molecule has 2 aromatic heterocycles. The van der Waals surface area contributed by atoms with Crippen molar-refractivity contribution in [3.05, 3.63) is 40.3 Å². The average molecular weight is 328 g/mol. The Kier molecular flexibility index (Phi) is 3.58. The standard InChI is InChI=1S/C16H14ClN5O/c1-8-4-5-11(23-3)9(2)13(8)22-15(19)10(6-18)12-14(17)20-7-21-16(12)22/h4-5,7H,19H2,1-3H3. The zero-order valence-electron chi connectivity index (χ0n) is 12.9. The Morgan fingerprint density at radius 2 is 2.04 bits per heavy atom. The number of benzene rings is 1. The fourth-order valence-electron chi connectivity index (χ4n) is 2.82. The van der Waals surface area contributed by atoms with Crippen molar-refractivity contribution in [1.82, 2.24) is 14.5 Å². The molecule has 0 saturated carbocycles. The Morgan fingerprint density at radius 1 is 1.30 bits per heavy atom. The molecule has 0 unspecified atom stereocenters. The second kappa shape index (κ2) is 5.45. The zero-order valence-corrected chi connectivity index (χ0v) is 13.6. The smallest absolute Gasteiger partial charge is 0.152 e. The number of hydrogen-bond donors (Lipinski definition) is 1. The topological polar surface area (TPSA) is 89.8 Å². The van der Waals surface area contributed by atoms with Crippen LogP contribution in [0.2, 0.25) is 5.15 Å². The summed E-state index contributed by atoms with van der Waals surface area (Å²) in [6, 6.07) is 5.92. The molecule has 0 saturated heterocycles. The van der Waals surface area contributed by atoms with Gasteiger partial charge in [-0.15, -0.1) is 0 Å². The third kappa shape index (κ3) is 2.09. The molecule has 7 heteroatoms. The Morgan fingerprint density at radius 3 is 2.70 bits per heavy atom. The van der Waals surface area contributed by atoms with Crippen molar-refractivity contribution in [2.45, 2.75) is 13.8 Å². The van der Waals surface area contributed by atoms with Gasteiger partial charge in [0.1, 0.15) is 34.7 Å². The van der Waals surface area contributed by atoms with Gasteiger partial charge in [-0.05, 0) is 25.5 Å². The van der Waals surface area contributed by atoms with Gasteiger partial charge in [0.25, 0.3) is 0 Å². The highest BCUT2D eigenvalue weighted by molar-refractivity contribution is 6.34. The number of fused-ring (bicyclic) bond motifs is 1. The van der Waals surface area contributed by atoms with Gasteiger partial charge in [0.2, 0.25) is 0 Å². The molecule has 2 N–H and O–H groups in total. The van der Waals surface area contributed by atoms with E-state index in [0.717, 1.165) is 22.6 Å². The fourth-order valence-corrected chi connectivity index (χ4v) is 3.04. The maximum Gasteiger partial charge on any atom is 0.152 e. The van der Waals surface area contributed by atoms with Gasteiger partial charge in [-0.3, -0.25) is 4.57 Å². The van der Waals surface area contributed by atoms with Crippen molar-refractivity contribution in [2.24, 2.45) is 0 Å². The van der Waals surface area contributed by atoms with Gasteiger partial charge >= 0.3 is 0 Å². The van der Waals surface area contributed by atoms with E-state index in [1.807, 2.05) is 26.0 Å². The van der Waals surface area contributed by atoms with E-state index in [1.165, 1.54) is 6.33 Å². The SMILES string of the molecule is COc1ccc(C)c(-n2c(N)c(C#N)c3c(Cl)ncnc32)c1C. The largest absolute Gasteiger partial charge is 0.496 e. The number of methoxy groups -OCH3 is 1. The van der Waals surface area contributed by atoms with E-state index >= 15 is 0 Å². The fraction of sp³-hybridized carbons (Fsp3) is 0.188. The molecule has 3 rings (SSSR count). The lowest BCUT2D eigenvalue weighted by Gasteiger charge is -2.16. The first-order chi connectivity index (χ1) is 11.0. The molecule has 0 aliphatic heterocycles. The van der Waals surface area contributed by atoms with Gasteiger partial charge in [-0.1, -0.05) is 17.7 Å². The van der Waals surface area contributed by atoms with E-state index < -0.39 is 0 Å². The van der Waals surface area contributed by atoms with Crippen LogP contribution in [0.5, 0.6) is 5.75 Å². The number of nitrogens with two attached hydrogens (primary N) is 1. The van der Waals surface area contributed by atoms with Gasteiger partial charge < -0.3 is 10.5 Å². The van der Waals surface area contributed by atoms with Crippen molar-refractivity contribution >= 4 is 28.5 Å². The molecule has 0 spiro atoms. The van der Waals surface area contributed by atoms with Crippen LogP contribution >= 0.6 is 11.6 Å². The van der Waals surface area contributed by atoms with E-state index in [9.17, 15) is 5.26 Å². The third-order valence-corrected chi connectivity index (χ3v) is 4.16. The summed E-state index contributed by atoms with van der Waals surface area (Å²) in [4.78, 5) is 8.23. The molecule has 0 radical (unpaired) electrons. The first-order valence-corrected chi connectivity index (χ1v) is 7.24. The molecule has 0 fully saturated rings.